The lowest BCUT2D eigenvalue weighted by Gasteiger charge is -2.16. The van der Waals surface area contributed by atoms with E-state index >= 15 is 0 Å². The molecule has 7 nitrogen and oxygen atoms in total. The molecular formula is C20H28N2O5S. The number of carbonyl (C=O) groups excluding carboxylic acids is 1. The monoisotopic (exact) mass is 408 g/mol. The second-order valence-electron chi connectivity index (χ2n) is 6.87. The summed E-state index contributed by atoms with van der Waals surface area (Å²) in [4.78, 5) is 12.3. The Bertz CT molecular complexity index is 872. The minimum absolute atomic E-state index is 0.0335. The van der Waals surface area contributed by atoms with Crippen LogP contribution >= 0.6 is 0 Å². The van der Waals surface area contributed by atoms with Crippen molar-refractivity contribution in [3.05, 3.63) is 53.5 Å². The van der Waals surface area contributed by atoms with Crippen LogP contribution in [0.2, 0.25) is 0 Å². The van der Waals surface area contributed by atoms with Crippen molar-refractivity contribution in [3.8, 4) is 0 Å². The van der Waals surface area contributed by atoms with Crippen LogP contribution in [0.1, 0.15) is 42.1 Å². The van der Waals surface area contributed by atoms with Crippen molar-refractivity contribution >= 4 is 15.9 Å². The Morgan fingerprint density at radius 1 is 1.18 bits per heavy atom. The average Bonchev–Trinajstić information content (AvgIpc) is 3.10. The molecule has 0 saturated heterocycles. The Hall–Kier alpha value is -2.16. The summed E-state index contributed by atoms with van der Waals surface area (Å²) in [6, 6.07) is 9.81. The Labute approximate surface area is 166 Å². The highest BCUT2D eigenvalue weighted by Gasteiger charge is 2.22. The number of sulfonamides is 1. The molecule has 0 fully saturated rings. The molecular weight excluding hydrogens is 380 g/mol. The zero-order valence-electron chi connectivity index (χ0n) is 16.8. The second-order valence-corrected chi connectivity index (χ2v) is 8.91. The summed E-state index contributed by atoms with van der Waals surface area (Å²) in [6.07, 6.45) is 0.867. The molecule has 1 aromatic heterocycles. The van der Waals surface area contributed by atoms with E-state index in [-0.39, 0.29) is 29.2 Å². The van der Waals surface area contributed by atoms with Gasteiger partial charge in [0.25, 0.3) is 5.91 Å². The molecule has 1 N–H and O–H groups in total. The predicted molar refractivity (Wildman–Crippen MR) is 107 cm³/mol. The molecule has 2 aromatic rings. The van der Waals surface area contributed by atoms with Gasteiger partial charge in [0.1, 0.15) is 5.76 Å². The summed E-state index contributed by atoms with van der Waals surface area (Å²) in [6.45, 7) is 6.89. The van der Waals surface area contributed by atoms with Crippen molar-refractivity contribution in [1.29, 1.82) is 0 Å². The number of furan rings is 1. The summed E-state index contributed by atoms with van der Waals surface area (Å²) in [5.41, 5.74) is 0.985. The van der Waals surface area contributed by atoms with E-state index in [1.54, 1.807) is 36.4 Å². The van der Waals surface area contributed by atoms with Gasteiger partial charge in [-0.2, -0.15) is 4.31 Å². The topological polar surface area (TPSA) is 88.9 Å². The number of aryl methyl sites for hydroxylation is 1. The molecule has 0 unspecified atom stereocenters. The molecule has 0 aliphatic rings. The van der Waals surface area contributed by atoms with E-state index in [9.17, 15) is 13.2 Å². The standard InChI is InChI=1S/C20H28N2O5S/c1-15(2)26-13-5-12-21-20(23)19-11-8-17(27-19)14-22(4)28(24,25)18-9-6-16(3)7-10-18/h6-11,15H,5,12-14H2,1-4H3,(H,21,23). The number of nitrogens with zero attached hydrogens (tertiary/aromatic N) is 1. The van der Waals surface area contributed by atoms with Crippen LogP contribution in [0.15, 0.2) is 45.7 Å². The van der Waals surface area contributed by atoms with Gasteiger partial charge in [0.15, 0.2) is 5.76 Å². The normalized spacial score (nSPS) is 11.9. The molecule has 0 radical (unpaired) electrons. The molecule has 2 rings (SSSR count). The third kappa shape index (κ3) is 6.19. The fraction of sp³-hybridized carbons (Fsp3) is 0.450. The van der Waals surface area contributed by atoms with E-state index in [2.05, 4.69) is 5.32 Å². The summed E-state index contributed by atoms with van der Waals surface area (Å²) >= 11 is 0. The van der Waals surface area contributed by atoms with Crippen LogP contribution in [-0.2, 0) is 21.3 Å². The lowest BCUT2D eigenvalue weighted by atomic mass is 10.2. The average molecular weight is 409 g/mol. The van der Waals surface area contributed by atoms with Crippen molar-refractivity contribution in [1.82, 2.24) is 9.62 Å². The molecule has 154 valence electrons. The van der Waals surface area contributed by atoms with Crippen molar-refractivity contribution in [3.63, 3.8) is 0 Å². The van der Waals surface area contributed by atoms with Crippen molar-refractivity contribution < 1.29 is 22.4 Å². The number of ether oxygens (including phenoxy) is 1. The van der Waals surface area contributed by atoms with Crippen LogP contribution in [0.5, 0.6) is 0 Å². The molecule has 0 aliphatic carbocycles. The first kappa shape index (κ1) is 22.1. The summed E-state index contributed by atoms with van der Waals surface area (Å²) in [5, 5.41) is 2.76. The first-order valence-corrected chi connectivity index (χ1v) is 10.7. The van der Waals surface area contributed by atoms with Crippen molar-refractivity contribution in [2.45, 2.75) is 44.7 Å². The zero-order valence-corrected chi connectivity index (χ0v) is 17.6. The van der Waals surface area contributed by atoms with Gasteiger partial charge in [-0.15, -0.1) is 0 Å². The minimum atomic E-state index is -3.63. The fourth-order valence-electron chi connectivity index (χ4n) is 2.46. The summed E-state index contributed by atoms with van der Waals surface area (Å²) in [5.74, 6) is 0.215. The van der Waals surface area contributed by atoms with Crippen LogP contribution in [0.4, 0.5) is 0 Å². The first-order chi connectivity index (χ1) is 13.2. The molecule has 0 aliphatic heterocycles. The number of nitrogens with one attached hydrogen (secondary N) is 1. The number of carbonyl (C=O) groups is 1. The van der Waals surface area contributed by atoms with Gasteiger partial charge < -0.3 is 14.5 Å². The summed E-state index contributed by atoms with van der Waals surface area (Å²) in [7, 11) is -2.16. The first-order valence-electron chi connectivity index (χ1n) is 9.21. The van der Waals surface area contributed by atoms with E-state index in [0.29, 0.717) is 25.3 Å². The minimum Gasteiger partial charge on any atom is -0.455 e. The molecule has 0 atom stereocenters. The maximum atomic E-state index is 12.6. The lowest BCUT2D eigenvalue weighted by Crippen LogP contribution is -2.26. The van der Waals surface area contributed by atoms with Crippen molar-refractivity contribution in [2.75, 3.05) is 20.2 Å². The largest absolute Gasteiger partial charge is 0.455 e. The van der Waals surface area contributed by atoms with Gasteiger partial charge in [0.05, 0.1) is 17.5 Å². The maximum Gasteiger partial charge on any atom is 0.286 e. The smallest absolute Gasteiger partial charge is 0.286 e. The van der Waals surface area contributed by atoms with Crippen LogP contribution < -0.4 is 5.32 Å². The lowest BCUT2D eigenvalue weighted by molar-refractivity contribution is 0.0753. The Morgan fingerprint density at radius 2 is 1.86 bits per heavy atom. The fourth-order valence-corrected chi connectivity index (χ4v) is 3.60. The highest BCUT2D eigenvalue weighted by molar-refractivity contribution is 7.89. The van der Waals surface area contributed by atoms with Crippen LogP contribution in [-0.4, -0.2) is 44.9 Å². The maximum absolute atomic E-state index is 12.6. The zero-order chi connectivity index (χ0) is 20.7. The van der Waals surface area contributed by atoms with Crippen LogP contribution in [0.3, 0.4) is 0 Å². The van der Waals surface area contributed by atoms with Gasteiger partial charge in [-0.3, -0.25) is 4.79 Å². The Morgan fingerprint density at radius 3 is 2.50 bits per heavy atom. The van der Waals surface area contributed by atoms with Gasteiger partial charge in [-0.05, 0) is 51.5 Å². The Kier molecular flexibility index (Phi) is 7.79. The highest BCUT2D eigenvalue weighted by Crippen LogP contribution is 2.18. The molecule has 1 aromatic carbocycles. The second kappa shape index (κ2) is 9.86. The van der Waals surface area contributed by atoms with Gasteiger partial charge in [0, 0.05) is 20.2 Å². The van der Waals surface area contributed by atoms with Gasteiger partial charge in [-0.1, -0.05) is 17.7 Å². The number of hydrogen-bond acceptors (Lipinski definition) is 5. The number of amides is 1. The quantitative estimate of drug-likeness (QED) is 0.611. The molecule has 8 heteroatoms. The number of rotatable bonds is 10. The third-order valence-corrected chi connectivity index (χ3v) is 5.87. The third-order valence-electron chi connectivity index (χ3n) is 4.05. The van der Waals surface area contributed by atoms with E-state index in [0.717, 1.165) is 5.56 Å². The van der Waals surface area contributed by atoms with Crippen LogP contribution in [0.25, 0.3) is 0 Å². The number of hydrogen-bond donors (Lipinski definition) is 1. The SMILES string of the molecule is Cc1ccc(S(=O)(=O)N(C)Cc2ccc(C(=O)NCCCOC(C)C)o2)cc1. The molecule has 1 heterocycles. The van der Waals surface area contributed by atoms with E-state index in [4.69, 9.17) is 9.15 Å². The van der Waals surface area contributed by atoms with Gasteiger partial charge in [-0.25, -0.2) is 8.42 Å². The van der Waals surface area contributed by atoms with Crippen molar-refractivity contribution in [2.24, 2.45) is 0 Å². The number of benzene rings is 1. The highest BCUT2D eigenvalue weighted by atomic mass is 32.2. The van der Waals surface area contributed by atoms with Gasteiger partial charge in [0.2, 0.25) is 10.0 Å². The molecule has 28 heavy (non-hydrogen) atoms. The molecule has 0 spiro atoms. The van der Waals surface area contributed by atoms with E-state index in [1.807, 2.05) is 20.8 Å². The molecule has 1 amide bonds. The van der Waals surface area contributed by atoms with Gasteiger partial charge >= 0.3 is 0 Å². The van der Waals surface area contributed by atoms with E-state index in [1.165, 1.54) is 11.4 Å². The molecule has 0 saturated carbocycles. The molecule has 0 bridgehead atoms. The Balaban J connectivity index is 1.91. The predicted octanol–water partition coefficient (Wildman–Crippen LogP) is 2.95. The summed E-state index contributed by atoms with van der Waals surface area (Å²) < 4.78 is 37.4. The van der Waals surface area contributed by atoms with E-state index < -0.39 is 10.0 Å². The van der Waals surface area contributed by atoms with Crippen LogP contribution in [0, 0.1) is 6.92 Å².